The fourth-order valence-electron chi connectivity index (χ4n) is 3.01. The molecule has 0 spiro atoms. The van der Waals surface area contributed by atoms with E-state index in [4.69, 9.17) is 14.9 Å². The van der Waals surface area contributed by atoms with Crippen LogP contribution in [-0.2, 0) is 4.74 Å². The van der Waals surface area contributed by atoms with E-state index in [1.54, 1.807) is 12.1 Å². The summed E-state index contributed by atoms with van der Waals surface area (Å²) in [5, 5.41) is 3.83. The van der Waals surface area contributed by atoms with Crippen molar-refractivity contribution in [3.8, 4) is 0 Å². The van der Waals surface area contributed by atoms with E-state index in [1.807, 2.05) is 36.4 Å². The van der Waals surface area contributed by atoms with Gasteiger partial charge in [0.05, 0.1) is 24.6 Å². The highest BCUT2D eigenvalue weighted by Gasteiger charge is 2.18. The lowest BCUT2D eigenvalue weighted by Crippen LogP contribution is -2.36. The Bertz CT molecular complexity index is 880. The van der Waals surface area contributed by atoms with E-state index in [9.17, 15) is 4.79 Å². The van der Waals surface area contributed by atoms with Gasteiger partial charge in [0.25, 0.3) is 5.91 Å². The lowest BCUT2D eigenvalue weighted by atomic mass is 10.2. The average Bonchev–Trinajstić information content (AvgIpc) is 3.07. The van der Waals surface area contributed by atoms with Crippen LogP contribution in [0.3, 0.4) is 0 Å². The summed E-state index contributed by atoms with van der Waals surface area (Å²) < 4.78 is 11.0. The van der Waals surface area contributed by atoms with Crippen molar-refractivity contribution in [2.45, 2.75) is 0 Å². The number of para-hydroxylation sites is 1. The molecule has 6 heteroatoms. The fourth-order valence-corrected chi connectivity index (χ4v) is 3.01. The monoisotopic (exact) mass is 337 g/mol. The largest absolute Gasteiger partial charge is 0.451 e. The van der Waals surface area contributed by atoms with Crippen LogP contribution in [0.15, 0.2) is 52.9 Å². The number of nitrogens with zero attached hydrogens (tertiary/aromatic N) is 1. The van der Waals surface area contributed by atoms with Crippen molar-refractivity contribution in [1.82, 2.24) is 0 Å². The van der Waals surface area contributed by atoms with Gasteiger partial charge < -0.3 is 25.1 Å². The number of benzene rings is 2. The van der Waals surface area contributed by atoms with Gasteiger partial charge in [0.2, 0.25) is 0 Å². The third-order valence-electron chi connectivity index (χ3n) is 4.27. The van der Waals surface area contributed by atoms with Crippen molar-refractivity contribution < 1.29 is 13.9 Å². The molecule has 25 heavy (non-hydrogen) atoms. The van der Waals surface area contributed by atoms with Crippen molar-refractivity contribution in [2.75, 3.05) is 42.3 Å². The number of ether oxygens (including phenoxy) is 1. The average molecular weight is 337 g/mol. The molecule has 1 aromatic heterocycles. The molecular formula is C19H19N3O3. The minimum Gasteiger partial charge on any atom is -0.451 e. The van der Waals surface area contributed by atoms with Crippen molar-refractivity contribution >= 4 is 33.9 Å². The Balaban J connectivity index is 1.62. The Morgan fingerprint density at radius 3 is 2.68 bits per heavy atom. The molecule has 0 bridgehead atoms. The van der Waals surface area contributed by atoms with Gasteiger partial charge in [0.1, 0.15) is 5.58 Å². The molecule has 6 nitrogen and oxygen atoms in total. The van der Waals surface area contributed by atoms with E-state index in [0.29, 0.717) is 30.2 Å². The van der Waals surface area contributed by atoms with Gasteiger partial charge in [0.15, 0.2) is 5.76 Å². The first-order valence-corrected chi connectivity index (χ1v) is 8.23. The number of carbonyl (C=O) groups excluding carboxylic acids is 1. The topological polar surface area (TPSA) is 80.7 Å². The van der Waals surface area contributed by atoms with E-state index < -0.39 is 0 Å². The van der Waals surface area contributed by atoms with Crippen LogP contribution in [-0.4, -0.2) is 32.2 Å². The molecule has 2 aromatic carbocycles. The minimum atomic E-state index is -0.295. The summed E-state index contributed by atoms with van der Waals surface area (Å²) in [6.45, 7) is 2.89. The molecule has 1 aliphatic heterocycles. The molecular weight excluding hydrogens is 318 g/mol. The first-order chi connectivity index (χ1) is 12.2. The highest BCUT2D eigenvalue weighted by molar-refractivity contribution is 6.06. The zero-order chi connectivity index (χ0) is 17.2. The van der Waals surface area contributed by atoms with Gasteiger partial charge in [0, 0.05) is 24.2 Å². The maximum absolute atomic E-state index is 12.6. The van der Waals surface area contributed by atoms with Gasteiger partial charge in [-0.1, -0.05) is 18.2 Å². The van der Waals surface area contributed by atoms with E-state index >= 15 is 0 Å². The van der Waals surface area contributed by atoms with Crippen LogP contribution in [0.5, 0.6) is 0 Å². The van der Waals surface area contributed by atoms with Gasteiger partial charge in [-0.2, -0.15) is 0 Å². The lowest BCUT2D eigenvalue weighted by Gasteiger charge is -2.30. The number of carbonyl (C=O) groups is 1. The number of fused-ring (bicyclic) bond motifs is 1. The minimum absolute atomic E-state index is 0.275. The molecule has 1 fully saturated rings. The number of furan rings is 1. The molecule has 2 heterocycles. The number of rotatable bonds is 3. The van der Waals surface area contributed by atoms with Gasteiger partial charge in [-0.15, -0.1) is 0 Å². The summed E-state index contributed by atoms with van der Waals surface area (Å²) in [6.07, 6.45) is 0. The predicted octanol–water partition coefficient (Wildman–Crippen LogP) is 3.10. The zero-order valence-electron chi connectivity index (χ0n) is 13.7. The molecule has 3 N–H and O–H groups in total. The molecule has 4 rings (SSSR count). The van der Waals surface area contributed by atoms with Gasteiger partial charge >= 0.3 is 0 Å². The normalized spacial score (nSPS) is 14.6. The number of nitrogens with two attached hydrogens (primary N) is 1. The molecule has 0 aliphatic carbocycles. The van der Waals surface area contributed by atoms with E-state index in [2.05, 4.69) is 10.2 Å². The van der Waals surface area contributed by atoms with Crippen LogP contribution >= 0.6 is 0 Å². The Labute approximate surface area is 145 Å². The van der Waals surface area contributed by atoms with E-state index in [1.165, 1.54) is 0 Å². The number of nitrogen functional groups attached to an aromatic ring is 1. The molecule has 0 unspecified atom stereocenters. The SMILES string of the molecule is Nc1ccc(N2CCOCC2)c(NC(=O)c2cc3ccccc3o2)c1. The van der Waals surface area contributed by atoms with E-state index in [0.717, 1.165) is 24.2 Å². The Kier molecular flexibility index (Phi) is 4.03. The quantitative estimate of drug-likeness (QED) is 0.718. The molecule has 3 aromatic rings. The van der Waals surface area contributed by atoms with Crippen LogP contribution in [0.2, 0.25) is 0 Å². The van der Waals surface area contributed by atoms with E-state index in [-0.39, 0.29) is 11.7 Å². The van der Waals surface area contributed by atoms with Crippen molar-refractivity contribution in [1.29, 1.82) is 0 Å². The van der Waals surface area contributed by atoms with Gasteiger partial charge in [-0.3, -0.25) is 4.79 Å². The Hall–Kier alpha value is -2.99. The first kappa shape index (κ1) is 15.5. The van der Waals surface area contributed by atoms with Crippen LogP contribution in [0.25, 0.3) is 11.0 Å². The van der Waals surface area contributed by atoms with Crippen molar-refractivity contribution in [3.05, 3.63) is 54.3 Å². The molecule has 1 amide bonds. The summed E-state index contributed by atoms with van der Waals surface area (Å²) in [5.41, 5.74) is 8.80. The van der Waals surface area contributed by atoms with Crippen LogP contribution in [0, 0.1) is 0 Å². The Morgan fingerprint density at radius 2 is 1.88 bits per heavy atom. The molecule has 128 valence electrons. The number of morpholine rings is 1. The summed E-state index contributed by atoms with van der Waals surface area (Å²) in [4.78, 5) is 14.8. The molecule has 1 aliphatic rings. The fraction of sp³-hybridized carbons (Fsp3) is 0.211. The summed E-state index contributed by atoms with van der Waals surface area (Å²) in [7, 11) is 0. The highest BCUT2D eigenvalue weighted by Crippen LogP contribution is 2.30. The van der Waals surface area contributed by atoms with Crippen LogP contribution < -0.4 is 16.0 Å². The molecule has 0 atom stereocenters. The molecule has 0 saturated carbocycles. The predicted molar refractivity (Wildman–Crippen MR) is 98.1 cm³/mol. The highest BCUT2D eigenvalue weighted by atomic mass is 16.5. The second kappa shape index (κ2) is 6.49. The second-order valence-corrected chi connectivity index (χ2v) is 5.98. The lowest BCUT2D eigenvalue weighted by molar-refractivity contribution is 0.0998. The van der Waals surface area contributed by atoms with Crippen LogP contribution in [0.4, 0.5) is 17.1 Å². The van der Waals surface area contributed by atoms with Crippen LogP contribution in [0.1, 0.15) is 10.6 Å². The van der Waals surface area contributed by atoms with Gasteiger partial charge in [-0.25, -0.2) is 0 Å². The summed E-state index contributed by atoms with van der Waals surface area (Å²) >= 11 is 0. The number of amides is 1. The second-order valence-electron chi connectivity index (χ2n) is 5.98. The summed E-state index contributed by atoms with van der Waals surface area (Å²) in [5.74, 6) is -0.0205. The maximum atomic E-state index is 12.6. The summed E-state index contributed by atoms with van der Waals surface area (Å²) in [6, 6.07) is 14.8. The zero-order valence-corrected chi connectivity index (χ0v) is 13.7. The van der Waals surface area contributed by atoms with Crippen molar-refractivity contribution in [2.24, 2.45) is 0 Å². The maximum Gasteiger partial charge on any atom is 0.291 e. The number of anilines is 3. The standard InChI is InChI=1S/C19H19N3O3/c20-14-5-6-16(22-7-9-24-10-8-22)15(12-14)21-19(23)18-11-13-3-1-2-4-17(13)25-18/h1-6,11-12H,7-10,20H2,(H,21,23). The first-order valence-electron chi connectivity index (χ1n) is 8.23. The molecule has 1 saturated heterocycles. The third-order valence-corrected chi connectivity index (χ3v) is 4.27. The van der Waals surface area contributed by atoms with Crippen molar-refractivity contribution in [3.63, 3.8) is 0 Å². The molecule has 0 radical (unpaired) electrons. The number of hydrogen-bond acceptors (Lipinski definition) is 5. The number of nitrogens with one attached hydrogen (secondary N) is 1. The number of hydrogen-bond donors (Lipinski definition) is 2. The van der Waals surface area contributed by atoms with Gasteiger partial charge in [-0.05, 0) is 30.3 Å². The Morgan fingerprint density at radius 1 is 1.08 bits per heavy atom. The smallest absolute Gasteiger partial charge is 0.291 e. The third kappa shape index (κ3) is 3.16.